The number of nitrogens with one attached hydrogen (secondary N) is 1. The number of benzene rings is 1. The lowest BCUT2D eigenvalue weighted by Crippen LogP contribution is -2.50. The monoisotopic (exact) mass is 304 g/mol. The first-order valence-electron chi connectivity index (χ1n) is 6.81. The average Bonchev–Trinajstić information content (AvgIpc) is 2.85. The molecule has 0 unspecified atom stereocenters. The number of hydrogen-bond donors (Lipinski definition) is 1. The third-order valence-electron chi connectivity index (χ3n) is 3.32. The molecule has 1 heterocycles. The van der Waals surface area contributed by atoms with E-state index in [2.05, 4.69) is 10.1 Å². The van der Waals surface area contributed by atoms with Gasteiger partial charge in [0.2, 0.25) is 11.8 Å². The topological polar surface area (TPSA) is 92.8 Å². The number of esters is 1. The average molecular weight is 304 g/mol. The number of nitrogens with zero attached hydrogens (tertiary/aromatic N) is 1. The summed E-state index contributed by atoms with van der Waals surface area (Å²) in [4.78, 5) is 47.5. The first kappa shape index (κ1) is 15.7. The van der Waals surface area contributed by atoms with Gasteiger partial charge in [0.25, 0.3) is 0 Å². The summed E-state index contributed by atoms with van der Waals surface area (Å²) in [5.41, 5.74) is 0.817. The molecule has 0 bridgehead atoms. The molecule has 22 heavy (non-hydrogen) atoms. The van der Waals surface area contributed by atoms with Gasteiger partial charge < -0.3 is 10.1 Å². The Morgan fingerprint density at radius 2 is 1.77 bits per heavy atom. The Labute approximate surface area is 127 Å². The van der Waals surface area contributed by atoms with Gasteiger partial charge in [-0.3, -0.25) is 9.59 Å². The molecule has 2 rings (SSSR count). The first-order valence-corrected chi connectivity index (χ1v) is 6.81. The number of carbonyl (C=O) groups is 4. The predicted octanol–water partition coefficient (Wildman–Crippen LogP) is 0.629. The third kappa shape index (κ3) is 3.49. The van der Waals surface area contributed by atoms with Crippen LogP contribution in [-0.2, 0) is 25.5 Å². The second-order valence-electron chi connectivity index (χ2n) is 4.84. The molecule has 0 aromatic heterocycles. The summed E-state index contributed by atoms with van der Waals surface area (Å²) in [7, 11) is 1.21. The summed E-state index contributed by atoms with van der Waals surface area (Å²) in [6.45, 7) is 0. The molecule has 7 heteroatoms. The van der Waals surface area contributed by atoms with E-state index >= 15 is 0 Å². The fraction of sp³-hybridized carbons (Fsp3) is 0.333. The molecular weight excluding hydrogens is 288 g/mol. The van der Waals surface area contributed by atoms with Gasteiger partial charge in [-0.05, 0) is 5.56 Å². The fourth-order valence-corrected chi connectivity index (χ4v) is 2.20. The van der Waals surface area contributed by atoms with Gasteiger partial charge in [-0.2, -0.15) is 0 Å². The molecule has 1 aromatic carbocycles. The van der Waals surface area contributed by atoms with Gasteiger partial charge in [-0.25, -0.2) is 14.5 Å². The van der Waals surface area contributed by atoms with Gasteiger partial charge in [0, 0.05) is 19.3 Å². The molecule has 4 amide bonds. The smallest absolute Gasteiger partial charge is 0.331 e. The van der Waals surface area contributed by atoms with Crippen LogP contribution in [0.4, 0.5) is 4.79 Å². The molecular formula is C15H16N2O5. The molecule has 1 aliphatic heterocycles. The highest BCUT2D eigenvalue weighted by atomic mass is 16.5. The predicted molar refractivity (Wildman–Crippen MR) is 75.6 cm³/mol. The molecule has 0 aliphatic carbocycles. The lowest BCUT2D eigenvalue weighted by molar-refractivity contribution is -0.143. The van der Waals surface area contributed by atoms with Crippen molar-refractivity contribution in [2.24, 2.45) is 0 Å². The highest BCUT2D eigenvalue weighted by molar-refractivity contribution is 6.14. The Kier molecular flexibility index (Phi) is 4.88. The van der Waals surface area contributed by atoms with Gasteiger partial charge in [-0.1, -0.05) is 30.3 Å². The lowest BCUT2D eigenvalue weighted by atomic mass is 10.1. The van der Waals surface area contributed by atoms with Crippen molar-refractivity contribution in [3.05, 3.63) is 35.9 Å². The Balaban J connectivity index is 2.10. The molecule has 1 aliphatic rings. The fourth-order valence-electron chi connectivity index (χ4n) is 2.20. The largest absolute Gasteiger partial charge is 0.467 e. The van der Waals surface area contributed by atoms with E-state index in [0.29, 0.717) is 4.90 Å². The van der Waals surface area contributed by atoms with Crippen molar-refractivity contribution in [2.75, 3.05) is 7.11 Å². The van der Waals surface area contributed by atoms with Gasteiger partial charge in [-0.15, -0.1) is 0 Å². The zero-order chi connectivity index (χ0) is 16.1. The maximum absolute atomic E-state index is 12.1. The van der Waals surface area contributed by atoms with Gasteiger partial charge in [0.05, 0.1) is 7.11 Å². The number of hydrogen-bond acceptors (Lipinski definition) is 5. The standard InChI is InChI=1S/C15H16N2O5/c1-22-14(20)11(9-10-5-3-2-4-6-10)16-15(21)17-12(18)7-8-13(17)19/h2-6,11H,7-9H2,1H3,(H,16,21)/t11-/m0/s1. The van der Waals surface area contributed by atoms with E-state index in [-0.39, 0.29) is 19.3 Å². The van der Waals surface area contributed by atoms with E-state index in [1.807, 2.05) is 6.07 Å². The molecule has 1 atom stereocenters. The van der Waals surface area contributed by atoms with Crippen molar-refractivity contribution in [1.29, 1.82) is 0 Å². The molecule has 1 aromatic rings. The molecule has 1 fully saturated rings. The quantitative estimate of drug-likeness (QED) is 0.650. The normalized spacial score (nSPS) is 15.6. The Morgan fingerprint density at radius 3 is 2.32 bits per heavy atom. The number of imide groups is 3. The summed E-state index contributed by atoms with van der Waals surface area (Å²) < 4.78 is 4.66. The van der Waals surface area contributed by atoms with Crippen molar-refractivity contribution in [3.63, 3.8) is 0 Å². The van der Waals surface area contributed by atoms with Crippen LogP contribution in [0.25, 0.3) is 0 Å². The summed E-state index contributed by atoms with van der Waals surface area (Å²) in [5.74, 6) is -1.77. The van der Waals surface area contributed by atoms with E-state index in [0.717, 1.165) is 5.56 Å². The van der Waals surface area contributed by atoms with Crippen molar-refractivity contribution in [2.45, 2.75) is 25.3 Å². The van der Waals surface area contributed by atoms with Crippen molar-refractivity contribution in [1.82, 2.24) is 10.2 Å². The van der Waals surface area contributed by atoms with Crippen LogP contribution in [0.5, 0.6) is 0 Å². The van der Waals surface area contributed by atoms with E-state index in [1.54, 1.807) is 24.3 Å². The summed E-state index contributed by atoms with van der Waals surface area (Å²) in [6, 6.07) is 7.18. The number of amides is 4. The summed E-state index contributed by atoms with van der Waals surface area (Å²) >= 11 is 0. The van der Waals surface area contributed by atoms with Crippen LogP contribution in [-0.4, -0.2) is 41.9 Å². The molecule has 0 spiro atoms. The second kappa shape index (κ2) is 6.84. The van der Waals surface area contributed by atoms with E-state index < -0.39 is 29.9 Å². The summed E-state index contributed by atoms with van der Waals surface area (Å²) in [5, 5.41) is 2.39. The molecule has 7 nitrogen and oxygen atoms in total. The van der Waals surface area contributed by atoms with Crippen LogP contribution in [0.1, 0.15) is 18.4 Å². The van der Waals surface area contributed by atoms with Crippen LogP contribution >= 0.6 is 0 Å². The van der Waals surface area contributed by atoms with Crippen LogP contribution in [0.2, 0.25) is 0 Å². The van der Waals surface area contributed by atoms with Gasteiger partial charge in [0.1, 0.15) is 6.04 Å². The van der Waals surface area contributed by atoms with Gasteiger partial charge in [0.15, 0.2) is 0 Å². The maximum Gasteiger partial charge on any atom is 0.331 e. The Morgan fingerprint density at radius 1 is 1.18 bits per heavy atom. The van der Waals surface area contributed by atoms with E-state index in [4.69, 9.17) is 0 Å². The van der Waals surface area contributed by atoms with Crippen LogP contribution in [0.3, 0.4) is 0 Å². The lowest BCUT2D eigenvalue weighted by Gasteiger charge is -2.19. The summed E-state index contributed by atoms with van der Waals surface area (Å²) in [6.07, 6.45) is 0.219. The number of likely N-dealkylation sites (tertiary alicyclic amines) is 1. The number of urea groups is 1. The number of rotatable bonds is 4. The number of ether oxygens (including phenoxy) is 1. The highest BCUT2D eigenvalue weighted by Gasteiger charge is 2.36. The van der Waals surface area contributed by atoms with E-state index in [1.165, 1.54) is 7.11 Å². The molecule has 1 N–H and O–H groups in total. The van der Waals surface area contributed by atoms with Crippen molar-refractivity contribution >= 4 is 23.8 Å². The van der Waals surface area contributed by atoms with Crippen molar-refractivity contribution < 1.29 is 23.9 Å². The SMILES string of the molecule is COC(=O)[C@H](Cc1ccccc1)NC(=O)N1C(=O)CCC1=O. The zero-order valence-electron chi connectivity index (χ0n) is 12.1. The van der Waals surface area contributed by atoms with Crippen LogP contribution in [0.15, 0.2) is 30.3 Å². The molecule has 0 radical (unpaired) electrons. The van der Waals surface area contributed by atoms with Crippen LogP contribution < -0.4 is 5.32 Å². The minimum Gasteiger partial charge on any atom is -0.467 e. The Bertz CT molecular complexity index is 583. The van der Waals surface area contributed by atoms with Gasteiger partial charge >= 0.3 is 12.0 Å². The second-order valence-corrected chi connectivity index (χ2v) is 4.84. The highest BCUT2D eigenvalue weighted by Crippen LogP contribution is 2.12. The minimum absolute atomic E-state index is 0.00777. The molecule has 1 saturated heterocycles. The zero-order valence-corrected chi connectivity index (χ0v) is 12.1. The molecule has 0 saturated carbocycles. The third-order valence-corrected chi connectivity index (χ3v) is 3.32. The minimum atomic E-state index is -0.971. The van der Waals surface area contributed by atoms with Crippen molar-refractivity contribution in [3.8, 4) is 0 Å². The Hall–Kier alpha value is -2.70. The maximum atomic E-state index is 12.1. The van der Waals surface area contributed by atoms with E-state index in [9.17, 15) is 19.2 Å². The number of carbonyl (C=O) groups excluding carboxylic acids is 4. The molecule has 116 valence electrons. The van der Waals surface area contributed by atoms with Crippen LogP contribution in [0, 0.1) is 0 Å². The first-order chi connectivity index (χ1) is 10.5. The number of methoxy groups -OCH3 is 1.